The van der Waals surface area contributed by atoms with Crippen molar-refractivity contribution in [2.75, 3.05) is 12.0 Å². The lowest BCUT2D eigenvalue weighted by Gasteiger charge is -2.17. The van der Waals surface area contributed by atoms with Crippen molar-refractivity contribution in [1.29, 1.82) is 0 Å². The molecule has 1 fully saturated rings. The van der Waals surface area contributed by atoms with E-state index in [0.717, 1.165) is 16.7 Å². The maximum Gasteiger partial charge on any atom is 0.339 e. The van der Waals surface area contributed by atoms with E-state index in [1.807, 2.05) is 45.0 Å². The van der Waals surface area contributed by atoms with Gasteiger partial charge >= 0.3 is 10.1 Å². The number of amides is 1. The van der Waals surface area contributed by atoms with E-state index in [1.54, 1.807) is 48.6 Å². The predicted molar refractivity (Wildman–Crippen MR) is 188 cm³/mol. The minimum atomic E-state index is -4.17. The van der Waals surface area contributed by atoms with Crippen molar-refractivity contribution >= 4 is 73.6 Å². The Bertz CT molecular complexity index is 2020. The van der Waals surface area contributed by atoms with Crippen LogP contribution in [-0.2, 0) is 21.3 Å². The Hall–Kier alpha value is -4.02. The number of hydrogen-bond acceptors (Lipinski definition) is 7. The van der Waals surface area contributed by atoms with Gasteiger partial charge in [-0.1, -0.05) is 59.1 Å². The number of aliphatic imine (C=N–C) groups is 1. The number of thioether (sulfide) groups is 1. The van der Waals surface area contributed by atoms with E-state index < -0.39 is 10.1 Å². The van der Waals surface area contributed by atoms with Crippen LogP contribution in [0.1, 0.15) is 27.8 Å². The molecule has 5 rings (SSSR count). The van der Waals surface area contributed by atoms with Crippen LogP contribution in [0.4, 0.5) is 11.4 Å². The predicted octanol–water partition coefficient (Wildman–Crippen LogP) is 9.23. The first kappa shape index (κ1) is 33.3. The molecular weight excluding hydrogens is 663 g/mol. The van der Waals surface area contributed by atoms with Crippen LogP contribution in [-0.4, -0.2) is 26.6 Å². The number of amidine groups is 1. The van der Waals surface area contributed by atoms with E-state index in [0.29, 0.717) is 42.6 Å². The smallest absolute Gasteiger partial charge is 0.339 e. The molecule has 1 amide bonds. The molecule has 1 saturated heterocycles. The molecule has 11 heteroatoms. The molecule has 0 aliphatic carbocycles. The average Bonchev–Trinajstić information content (AvgIpc) is 3.31. The van der Waals surface area contributed by atoms with E-state index in [1.165, 1.54) is 35.9 Å². The fraction of sp³-hybridized carbons (Fsp3) is 0.143. The Morgan fingerprint density at radius 3 is 2.24 bits per heavy atom. The number of allylic oxidation sites excluding steroid dienone is 1. The Balaban J connectivity index is 1.58. The van der Waals surface area contributed by atoms with Crippen molar-refractivity contribution in [2.24, 2.45) is 4.99 Å². The van der Waals surface area contributed by atoms with Crippen molar-refractivity contribution in [1.82, 2.24) is 0 Å². The number of nitrogens with zero attached hydrogens (tertiary/aromatic N) is 2. The van der Waals surface area contributed by atoms with Gasteiger partial charge in [-0.2, -0.15) is 8.42 Å². The zero-order valence-corrected chi connectivity index (χ0v) is 28.7. The molecule has 4 aromatic carbocycles. The van der Waals surface area contributed by atoms with Gasteiger partial charge in [-0.3, -0.25) is 9.69 Å². The number of rotatable bonds is 9. The van der Waals surface area contributed by atoms with Gasteiger partial charge in [0.1, 0.15) is 4.90 Å². The van der Waals surface area contributed by atoms with E-state index in [9.17, 15) is 13.2 Å². The SMILES string of the molecule is C=CCc1cc(/C=C2/SC(=Nc3ccc(C)c(Cl)c3)N(c3ccc(C)c(Cl)c3)C2=O)cc(OC)c1OS(=O)(=O)c1ccc(C)cc1. The number of aryl methyl sites for hydroxylation is 3. The molecule has 0 unspecified atom stereocenters. The first-order valence-electron chi connectivity index (χ1n) is 14.1. The molecule has 1 heterocycles. The lowest BCUT2D eigenvalue weighted by molar-refractivity contribution is -0.113. The van der Waals surface area contributed by atoms with Crippen molar-refractivity contribution < 1.29 is 22.1 Å². The quantitative estimate of drug-likeness (QED) is 0.0988. The first-order valence-corrected chi connectivity index (χ1v) is 17.1. The van der Waals surface area contributed by atoms with Crippen molar-refractivity contribution in [3.8, 4) is 11.5 Å². The summed E-state index contributed by atoms with van der Waals surface area (Å²) in [5.74, 6) is -0.0824. The number of halogens is 2. The second-order valence-corrected chi connectivity index (χ2v) is 13.9. The molecule has 46 heavy (non-hydrogen) atoms. The van der Waals surface area contributed by atoms with Gasteiger partial charge in [-0.25, -0.2) is 4.99 Å². The summed E-state index contributed by atoms with van der Waals surface area (Å²) in [6.45, 7) is 9.47. The number of anilines is 1. The molecule has 0 atom stereocenters. The van der Waals surface area contributed by atoms with Gasteiger partial charge in [0.25, 0.3) is 5.91 Å². The van der Waals surface area contributed by atoms with Crippen molar-refractivity contribution in [3.05, 3.63) is 128 Å². The van der Waals surface area contributed by atoms with Gasteiger partial charge in [0.2, 0.25) is 0 Å². The largest absolute Gasteiger partial charge is 0.493 e. The van der Waals surface area contributed by atoms with E-state index in [2.05, 4.69) is 6.58 Å². The molecule has 0 spiro atoms. The zero-order valence-electron chi connectivity index (χ0n) is 25.5. The molecule has 0 N–H and O–H groups in total. The summed E-state index contributed by atoms with van der Waals surface area (Å²) in [5, 5.41) is 1.49. The Morgan fingerprint density at radius 2 is 1.61 bits per heavy atom. The molecule has 236 valence electrons. The van der Waals surface area contributed by atoms with Gasteiger partial charge in [0, 0.05) is 15.6 Å². The molecule has 0 aromatic heterocycles. The van der Waals surface area contributed by atoms with Gasteiger partial charge in [-0.15, -0.1) is 6.58 Å². The topological polar surface area (TPSA) is 85.3 Å². The maximum absolute atomic E-state index is 14.0. The van der Waals surface area contributed by atoms with E-state index >= 15 is 0 Å². The van der Waals surface area contributed by atoms with Gasteiger partial charge < -0.3 is 8.92 Å². The molecule has 1 aliphatic rings. The van der Waals surface area contributed by atoms with Crippen LogP contribution >= 0.6 is 35.0 Å². The normalized spacial score (nSPS) is 15.1. The van der Waals surface area contributed by atoms with E-state index in [4.69, 9.17) is 37.1 Å². The van der Waals surface area contributed by atoms with Crippen LogP contribution in [0.5, 0.6) is 11.5 Å². The summed E-state index contributed by atoms with van der Waals surface area (Å²) in [6.07, 6.45) is 3.61. The summed E-state index contributed by atoms with van der Waals surface area (Å²) in [4.78, 5) is 20.6. The summed E-state index contributed by atoms with van der Waals surface area (Å²) in [7, 11) is -2.74. The highest BCUT2D eigenvalue weighted by Gasteiger charge is 2.35. The number of carbonyl (C=O) groups excluding carboxylic acids is 1. The standard InChI is InChI=1S/C35H30Cl2N2O5S2/c1-6-7-25-16-24(17-31(43-5)33(25)44-46(41,42)28-14-8-21(2)9-15-28)18-32-34(40)39(27-13-11-23(4)30(37)20-27)35(45-32)38-26-12-10-22(3)29(36)19-26/h6,8-20H,1,7H2,2-5H3/b32-18+,38-35?. The van der Waals surface area contributed by atoms with Crippen LogP contribution in [0.15, 0.2) is 100 Å². The molecular formula is C35H30Cl2N2O5S2. The van der Waals surface area contributed by atoms with Crippen molar-refractivity contribution in [2.45, 2.75) is 32.1 Å². The summed E-state index contributed by atoms with van der Waals surface area (Å²) < 4.78 is 37.6. The van der Waals surface area contributed by atoms with Crippen LogP contribution in [0.25, 0.3) is 6.08 Å². The van der Waals surface area contributed by atoms with Crippen LogP contribution < -0.4 is 13.8 Å². The summed E-state index contributed by atoms with van der Waals surface area (Å²) in [5.41, 5.74) is 4.94. The number of hydrogen-bond donors (Lipinski definition) is 0. The second kappa shape index (κ2) is 13.8. The molecule has 4 aromatic rings. The van der Waals surface area contributed by atoms with E-state index in [-0.39, 0.29) is 28.7 Å². The minimum absolute atomic E-state index is 0.0156. The van der Waals surface area contributed by atoms with Gasteiger partial charge in [0.05, 0.1) is 23.4 Å². The lowest BCUT2D eigenvalue weighted by Crippen LogP contribution is -2.28. The molecule has 1 aliphatic heterocycles. The maximum atomic E-state index is 14.0. The van der Waals surface area contributed by atoms with Crippen LogP contribution in [0, 0.1) is 20.8 Å². The third kappa shape index (κ3) is 7.18. The van der Waals surface area contributed by atoms with Gasteiger partial charge in [0.15, 0.2) is 16.7 Å². The summed E-state index contributed by atoms with van der Waals surface area (Å²) in [6, 6.07) is 20.5. The average molecular weight is 694 g/mol. The van der Waals surface area contributed by atoms with Crippen LogP contribution in [0.2, 0.25) is 10.0 Å². The van der Waals surface area contributed by atoms with Crippen LogP contribution in [0.3, 0.4) is 0 Å². The zero-order chi connectivity index (χ0) is 33.2. The highest BCUT2D eigenvalue weighted by molar-refractivity contribution is 8.19. The van der Waals surface area contributed by atoms with Gasteiger partial charge in [-0.05, 0) is 110 Å². The van der Waals surface area contributed by atoms with Crippen molar-refractivity contribution in [3.63, 3.8) is 0 Å². The highest BCUT2D eigenvalue weighted by atomic mass is 35.5. The number of methoxy groups -OCH3 is 1. The number of carbonyl (C=O) groups is 1. The Morgan fingerprint density at radius 1 is 0.935 bits per heavy atom. The lowest BCUT2D eigenvalue weighted by atomic mass is 10.1. The third-order valence-corrected chi connectivity index (χ3v) is 10.2. The highest BCUT2D eigenvalue weighted by Crippen LogP contribution is 2.41. The summed E-state index contributed by atoms with van der Waals surface area (Å²) >= 11 is 14.0. The molecule has 0 bridgehead atoms. The molecule has 0 radical (unpaired) electrons. The minimum Gasteiger partial charge on any atom is -0.493 e. The monoisotopic (exact) mass is 692 g/mol. The molecule has 0 saturated carbocycles. The molecule has 7 nitrogen and oxygen atoms in total. The second-order valence-electron chi connectivity index (χ2n) is 10.6. The first-order chi connectivity index (χ1) is 21.9. The third-order valence-electron chi connectivity index (χ3n) is 7.14. The fourth-order valence-electron chi connectivity index (χ4n) is 4.59. The Kier molecular flexibility index (Phi) is 9.98. The fourth-order valence-corrected chi connectivity index (χ4v) is 6.92. The number of ether oxygens (including phenoxy) is 1. The number of benzene rings is 4. The Labute approximate surface area is 283 Å².